The molecule has 2 fully saturated rings. The van der Waals surface area contributed by atoms with Crippen LogP contribution in [0.1, 0.15) is 36.5 Å². The van der Waals surface area contributed by atoms with Crippen LogP contribution in [-0.2, 0) is 4.74 Å². The molecule has 0 aliphatic carbocycles. The molecule has 0 radical (unpaired) electrons. The number of benzene rings is 1. The third-order valence-corrected chi connectivity index (χ3v) is 4.81. The second kappa shape index (κ2) is 4.54. The Balaban J connectivity index is 1.96. The van der Waals surface area contributed by atoms with E-state index in [2.05, 4.69) is 0 Å². The molecule has 1 aromatic rings. The number of rotatable bonds is 3. The van der Waals surface area contributed by atoms with Crippen molar-refractivity contribution < 1.29 is 14.2 Å². The minimum Gasteiger partial charge on any atom is -0.388 e. The Labute approximate surface area is 112 Å². The van der Waals surface area contributed by atoms with E-state index in [9.17, 15) is 9.50 Å². The first-order valence-electron chi connectivity index (χ1n) is 6.86. The summed E-state index contributed by atoms with van der Waals surface area (Å²) in [6.45, 7) is 2.21. The summed E-state index contributed by atoms with van der Waals surface area (Å²) in [6, 6.07) is 4.51. The Morgan fingerprint density at radius 1 is 1.53 bits per heavy atom. The topological polar surface area (TPSA) is 55.5 Å². The van der Waals surface area contributed by atoms with Crippen LogP contribution in [0.4, 0.5) is 4.39 Å². The Hall–Kier alpha value is -0.970. The predicted octanol–water partition coefficient (Wildman–Crippen LogP) is 2.06. The Kier molecular flexibility index (Phi) is 3.12. The molecule has 4 atom stereocenters. The van der Waals surface area contributed by atoms with Gasteiger partial charge in [-0.3, -0.25) is 0 Å². The van der Waals surface area contributed by atoms with Crippen molar-refractivity contribution in [1.82, 2.24) is 0 Å². The summed E-state index contributed by atoms with van der Waals surface area (Å²) in [5.41, 5.74) is 7.08. The number of hydrogen-bond acceptors (Lipinski definition) is 3. The first-order chi connectivity index (χ1) is 9.06. The van der Waals surface area contributed by atoms with Crippen LogP contribution in [0.25, 0.3) is 0 Å². The fraction of sp³-hybridized carbons (Fsp3) is 0.600. The van der Waals surface area contributed by atoms with E-state index >= 15 is 0 Å². The lowest BCUT2D eigenvalue weighted by molar-refractivity contribution is -0.0267. The van der Waals surface area contributed by atoms with E-state index in [0.717, 1.165) is 30.4 Å². The smallest absolute Gasteiger partial charge is 0.123 e. The van der Waals surface area contributed by atoms with Crippen LogP contribution in [-0.4, -0.2) is 23.9 Å². The number of hydrogen-bond donors (Lipinski definition) is 2. The molecule has 0 spiro atoms. The lowest BCUT2D eigenvalue weighted by Crippen LogP contribution is -2.44. The Morgan fingerprint density at radius 3 is 2.84 bits per heavy atom. The molecule has 1 aromatic carbocycles. The standard InChI is InChI=1S/C15H20FNO2/c1-9-6-10(16)2-4-12(9)14(18)15(8-17)7-11-3-5-13(15)19-11/h2,4,6,11,13-14,18H,3,5,7-8,17H2,1H3. The van der Waals surface area contributed by atoms with Crippen LogP contribution in [0, 0.1) is 18.2 Å². The fourth-order valence-corrected chi connectivity index (χ4v) is 3.70. The summed E-state index contributed by atoms with van der Waals surface area (Å²) in [4.78, 5) is 0. The highest BCUT2D eigenvalue weighted by Crippen LogP contribution is 2.53. The van der Waals surface area contributed by atoms with Gasteiger partial charge in [-0.1, -0.05) is 6.07 Å². The first-order valence-corrected chi connectivity index (χ1v) is 6.86. The molecule has 0 amide bonds. The minimum atomic E-state index is -0.687. The maximum atomic E-state index is 13.2. The average molecular weight is 265 g/mol. The lowest BCUT2D eigenvalue weighted by atomic mass is 9.68. The molecule has 2 bridgehead atoms. The summed E-state index contributed by atoms with van der Waals surface area (Å²) in [6.07, 6.45) is 2.38. The van der Waals surface area contributed by atoms with Crippen molar-refractivity contribution in [3.63, 3.8) is 0 Å². The molecule has 2 heterocycles. The average Bonchev–Trinajstić information content (AvgIpc) is 2.98. The summed E-state index contributed by atoms with van der Waals surface area (Å²) in [5, 5.41) is 10.8. The highest BCUT2D eigenvalue weighted by molar-refractivity contribution is 5.31. The van der Waals surface area contributed by atoms with Crippen LogP contribution in [0.3, 0.4) is 0 Å². The van der Waals surface area contributed by atoms with Crippen LogP contribution in [0.5, 0.6) is 0 Å². The second-order valence-corrected chi connectivity index (χ2v) is 5.87. The number of aliphatic hydroxyl groups excluding tert-OH is 1. The van der Waals surface area contributed by atoms with Gasteiger partial charge in [0.15, 0.2) is 0 Å². The molecule has 104 valence electrons. The van der Waals surface area contributed by atoms with Gasteiger partial charge in [-0.2, -0.15) is 0 Å². The first kappa shape index (κ1) is 13.0. The molecule has 3 rings (SSSR count). The third kappa shape index (κ3) is 1.90. The van der Waals surface area contributed by atoms with E-state index in [1.165, 1.54) is 12.1 Å². The van der Waals surface area contributed by atoms with Gasteiger partial charge >= 0.3 is 0 Å². The number of nitrogens with two attached hydrogens (primary N) is 1. The number of ether oxygens (including phenoxy) is 1. The van der Waals surface area contributed by atoms with Crippen molar-refractivity contribution in [2.75, 3.05) is 6.54 Å². The number of aliphatic hydroxyl groups is 1. The highest BCUT2D eigenvalue weighted by atomic mass is 19.1. The van der Waals surface area contributed by atoms with Gasteiger partial charge in [0.25, 0.3) is 0 Å². The van der Waals surface area contributed by atoms with E-state index in [1.54, 1.807) is 6.07 Å². The normalized spacial score (nSPS) is 34.7. The zero-order chi connectivity index (χ0) is 13.6. The van der Waals surface area contributed by atoms with Crippen molar-refractivity contribution in [1.29, 1.82) is 0 Å². The number of halogens is 1. The summed E-state index contributed by atoms with van der Waals surface area (Å²) in [7, 11) is 0. The lowest BCUT2D eigenvalue weighted by Gasteiger charge is -2.39. The zero-order valence-electron chi connectivity index (χ0n) is 11.1. The summed E-state index contributed by atoms with van der Waals surface area (Å²) in [5.74, 6) is -0.278. The van der Waals surface area contributed by atoms with Crippen molar-refractivity contribution >= 4 is 0 Å². The van der Waals surface area contributed by atoms with Crippen molar-refractivity contribution in [2.45, 2.75) is 44.5 Å². The molecule has 3 N–H and O–H groups in total. The van der Waals surface area contributed by atoms with Crippen molar-refractivity contribution in [3.05, 3.63) is 35.1 Å². The minimum absolute atomic E-state index is 0.0296. The van der Waals surface area contributed by atoms with E-state index in [0.29, 0.717) is 6.54 Å². The monoisotopic (exact) mass is 265 g/mol. The molecule has 3 nitrogen and oxygen atoms in total. The molecule has 2 aliphatic rings. The van der Waals surface area contributed by atoms with Crippen LogP contribution >= 0.6 is 0 Å². The van der Waals surface area contributed by atoms with Crippen LogP contribution in [0.15, 0.2) is 18.2 Å². The van der Waals surface area contributed by atoms with Gasteiger partial charge in [-0.15, -0.1) is 0 Å². The molecule has 2 aliphatic heterocycles. The summed E-state index contributed by atoms with van der Waals surface area (Å²) >= 11 is 0. The van der Waals surface area contributed by atoms with Gasteiger partial charge in [0, 0.05) is 12.0 Å². The molecule has 0 aromatic heterocycles. The van der Waals surface area contributed by atoms with Crippen molar-refractivity contribution in [3.8, 4) is 0 Å². The summed E-state index contributed by atoms with van der Waals surface area (Å²) < 4.78 is 19.1. The van der Waals surface area contributed by atoms with Gasteiger partial charge < -0.3 is 15.6 Å². The molecule has 0 saturated carbocycles. The van der Waals surface area contributed by atoms with Gasteiger partial charge in [-0.05, 0) is 49.4 Å². The predicted molar refractivity (Wildman–Crippen MR) is 70.1 cm³/mol. The van der Waals surface area contributed by atoms with E-state index in [4.69, 9.17) is 10.5 Å². The van der Waals surface area contributed by atoms with Gasteiger partial charge in [0.05, 0.1) is 18.3 Å². The molecular formula is C15H20FNO2. The maximum Gasteiger partial charge on any atom is 0.123 e. The molecule has 2 saturated heterocycles. The quantitative estimate of drug-likeness (QED) is 0.879. The van der Waals surface area contributed by atoms with Gasteiger partial charge in [0.1, 0.15) is 5.82 Å². The fourth-order valence-electron chi connectivity index (χ4n) is 3.70. The van der Waals surface area contributed by atoms with Gasteiger partial charge in [0.2, 0.25) is 0 Å². The molecule has 4 heteroatoms. The third-order valence-electron chi connectivity index (χ3n) is 4.81. The zero-order valence-corrected chi connectivity index (χ0v) is 11.1. The SMILES string of the molecule is Cc1cc(F)ccc1C(O)C1(CN)CC2CCC1O2. The molecule has 19 heavy (non-hydrogen) atoms. The van der Waals surface area contributed by atoms with Gasteiger partial charge in [-0.25, -0.2) is 4.39 Å². The van der Waals surface area contributed by atoms with Crippen LogP contribution in [0.2, 0.25) is 0 Å². The van der Waals surface area contributed by atoms with Crippen molar-refractivity contribution in [2.24, 2.45) is 11.1 Å². The van der Waals surface area contributed by atoms with Crippen LogP contribution < -0.4 is 5.73 Å². The highest BCUT2D eigenvalue weighted by Gasteiger charge is 2.55. The molecular weight excluding hydrogens is 245 g/mol. The Morgan fingerprint density at radius 2 is 2.32 bits per heavy atom. The van der Waals surface area contributed by atoms with E-state index in [-0.39, 0.29) is 18.0 Å². The maximum absolute atomic E-state index is 13.2. The number of fused-ring (bicyclic) bond motifs is 2. The van der Waals surface area contributed by atoms with E-state index in [1.807, 2.05) is 6.92 Å². The second-order valence-electron chi connectivity index (χ2n) is 5.87. The molecule has 4 unspecified atom stereocenters. The number of aryl methyl sites for hydroxylation is 1. The van der Waals surface area contributed by atoms with E-state index < -0.39 is 11.5 Å². The Bertz CT molecular complexity index is 493. The largest absolute Gasteiger partial charge is 0.388 e.